The van der Waals surface area contributed by atoms with Crippen LogP contribution in [-0.2, 0) is 6.54 Å². The zero-order valence-corrected chi connectivity index (χ0v) is 12.5. The van der Waals surface area contributed by atoms with E-state index in [2.05, 4.69) is 15.4 Å². The summed E-state index contributed by atoms with van der Waals surface area (Å²) in [7, 11) is 0. The summed E-state index contributed by atoms with van der Waals surface area (Å²) in [5.74, 6) is -0.133. The number of carbonyl (C=O) groups excluding carboxylic acids is 1. The standard InChI is InChI=1S/C15H20N4O2/c1-10(9-19-12(3)7-11(2)18-19)8-17-15(21)13-5-4-6-16-14(13)20/h4-7,10H,8-9H2,1-3H3,(H,16,20)(H,17,21)/t10-/m1/s1. The number of carbonyl (C=O) groups is 1. The molecule has 0 aromatic carbocycles. The van der Waals surface area contributed by atoms with E-state index in [9.17, 15) is 9.59 Å². The number of hydrogen-bond acceptors (Lipinski definition) is 3. The molecule has 0 bridgehead atoms. The summed E-state index contributed by atoms with van der Waals surface area (Å²) in [6.07, 6.45) is 1.50. The summed E-state index contributed by atoms with van der Waals surface area (Å²) in [6, 6.07) is 5.17. The monoisotopic (exact) mass is 288 g/mol. The first-order chi connectivity index (χ1) is 9.97. The summed E-state index contributed by atoms with van der Waals surface area (Å²) < 4.78 is 1.93. The first kappa shape index (κ1) is 15.0. The van der Waals surface area contributed by atoms with Gasteiger partial charge in [-0.25, -0.2) is 0 Å². The van der Waals surface area contributed by atoms with Crippen LogP contribution in [0.3, 0.4) is 0 Å². The third kappa shape index (κ3) is 3.81. The molecule has 1 amide bonds. The van der Waals surface area contributed by atoms with Crippen molar-refractivity contribution in [3.8, 4) is 0 Å². The summed E-state index contributed by atoms with van der Waals surface area (Å²) in [5, 5.41) is 7.18. The lowest BCUT2D eigenvalue weighted by molar-refractivity contribution is 0.0945. The van der Waals surface area contributed by atoms with Gasteiger partial charge in [0.25, 0.3) is 11.5 Å². The second kappa shape index (κ2) is 6.39. The summed E-state index contributed by atoms with van der Waals surface area (Å²) in [4.78, 5) is 25.9. The molecule has 2 N–H and O–H groups in total. The van der Waals surface area contributed by atoms with Crippen LogP contribution in [0.5, 0.6) is 0 Å². The SMILES string of the molecule is Cc1cc(C)n(C[C@H](C)CNC(=O)c2ccc[nH]c2=O)n1. The van der Waals surface area contributed by atoms with Crippen molar-refractivity contribution < 1.29 is 4.79 Å². The van der Waals surface area contributed by atoms with Crippen LogP contribution in [0.2, 0.25) is 0 Å². The van der Waals surface area contributed by atoms with Gasteiger partial charge < -0.3 is 10.3 Å². The molecular formula is C15H20N4O2. The van der Waals surface area contributed by atoms with E-state index >= 15 is 0 Å². The lowest BCUT2D eigenvalue weighted by Gasteiger charge is -2.13. The molecule has 6 nitrogen and oxygen atoms in total. The minimum absolute atomic E-state index is 0.135. The molecule has 21 heavy (non-hydrogen) atoms. The van der Waals surface area contributed by atoms with Gasteiger partial charge in [0.1, 0.15) is 5.56 Å². The van der Waals surface area contributed by atoms with Gasteiger partial charge in [-0.3, -0.25) is 14.3 Å². The smallest absolute Gasteiger partial charge is 0.260 e. The number of aromatic nitrogens is 3. The van der Waals surface area contributed by atoms with E-state index in [1.54, 1.807) is 6.07 Å². The van der Waals surface area contributed by atoms with Gasteiger partial charge in [0, 0.05) is 25.0 Å². The lowest BCUT2D eigenvalue weighted by atomic mass is 10.1. The predicted octanol–water partition coefficient (Wildman–Crippen LogP) is 1.25. The Morgan fingerprint density at radius 2 is 2.24 bits per heavy atom. The van der Waals surface area contributed by atoms with Crippen LogP contribution >= 0.6 is 0 Å². The highest BCUT2D eigenvalue weighted by Crippen LogP contribution is 2.06. The van der Waals surface area contributed by atoms with Gasteiger partial charge in [0.05, 0.1) is 5.69 Å². The molecular weight excluding hydrogens is 268 g/mol. The highest BCUT2D eigenvalue weighted by molar-refractivity contribution is 5.93. The maximum absolute atomic E-state index is 11.9. The topological polar surface area (TPSA) is 79.8 Å². The average Bonchev–Trinajstić information content (AvgIpc) is 2.74. The minimum atomic E-state index is -0.374. The van der Waals surface area contributed by atoms with Gasteiger partial charge in [-0.1, -0.05) is 6.92 Å². The van der Waals surface area contributed by atoms with Gasteiger partial charge in [-0.05, 0) is 38.0 Å². The summed E-state index contributed by atoms with van der Waals surface area (Å²) in [6.45, 7) is 7.22. The largest absolute Gasteiger partial charge is 0.352 e. The Bertz CT molecular complexity index is 687. The number of rotatable bonds is 5. The molecule has 112 valence electrons. The highest BCUT2D eigenvalue weighted by atomic mass is 16.2. The molecule has 0 radical (unpaired) electrons. The summed E-state index contributed by atoms with van der Waals surface area (Å²) in [5.41, 5.74) is 1.85. The number of aryl methyl sites for hydroxylation is 2. The molecule has 0 aliphatic rings. The van der Waals surface area contributed by atoms with Crippen LogP contribution in [0.15, 0.2) is 29.2 Å². The van der Waals surface area contributed by atoms with Gasteiger partial charge in [0.15, 0.2) is 0 Å². The number of hydrogen-bond donors (Lipinski definition) is 2. The summed E-state index contributed by atoms with van der Waals surface area (Å²) >= 11 is 0. The number of amides is 1. The average molecular weight is 288 g/mol. The molecule has 2 aromatic heterocycles. The third-order valence-corrected chi connectivity index (χ3v) is 3.26. The van der Waals surface area contributed by atoms with Crippen LogP contribution in [0.4, 0.5) is 0 Å². The Hall–Kier alpha value is -2.37. The third-order valence-electron chi connectivity index (χ3n) is 3.26. The minimum Gasteiger partial charge on any atom is -0.352 e. The second-order valence-electron chi connectivity index (χ2n) is 5.34. The van der Waals surface area contributed by atoms with E-state index in [1.807, 2.05) is 31.5 Å². The fourth-order valence-electron chi connectivity index (χ4n) is 2.18. The Morgan fingerprint density at radius 3 is 2.86 bits per heavy atom. The van der Waals surface area contributed by atoms with E-state index in [0.29, 0.717) is 6.54 Å². The van der Waals surface area contributed by atoms with Crippen molar-refractivity contribution in [2.75, 3.05) is 6.54 Å². The highest BCUT2D eigenvalue weighted by Gasteiger charge is 2.12. The Balaban J connectivity index is 1.91. The first-order valence-corrected chi connectivity index (χ1v) is 6.94. The molecule has 6 heteroatoms. The zero-order chi connectivity index (χ0) is 15.4. The van der Waals surface area contributed by atoms with Crippen molar-refractivity contribution in [3.63, 3.8) is 0 Å². The number of aromatic amines is 1. The predicted molar refractivity (Wildman–Crippen MR) is 80.3 cm³/mol. The number of pyridine rings is 1. The van der Waals surface area contributed by atoms with E-state index in [-0.39, 0.29) is 22.9 Å². The first-order valence-electron chi connectivity index (χ1n) is 6.94. The Labute approximate surface area is 123 Å². The van der Waals surface area contributed by atoms with Crippen molar-refractivity contribution in [1.29, 1.82) is 0 Å². The van der Waals surface area contributed by atoms with E-state index in [0.717, 1.165) is 17.9 Å². The molecule has 0 fully saturated rings. The van der Waals surface area contributed by atoms with Crippen molar-refractivity contribution >= 4 is 5.91 Å². The number of H-pyrrole nitrogens is 1. The Morgan fingerprint density at radius 1 is 1.48 bits per heavy atom. The zero-order valence-electron chi connectivity index (χ0n) is 12.5. The normalized spacial score (nSPS) is 12.1. The van der Waals surface area contributed by atoms with Gasteiger partial charge in [-0.2, -0.15) is 5.10 Å². The number of nitrogens with zero attached hydrogens (tertiary/aromatic N) is 2. The fraction of sp³-hybridized carbons (Fsp3) is 0.400. The van der Waals surface area contributed by atoms with Crippen molar-refractivity contribution in [3.05, 3.63) is 51.7 Å². The quantitative estimate of drug-likeness (QED) is 0.869. The van der Waals surface area contributed by atoms with Crippen LogP contribution < -0.4 is 10.9 Å². The van der Waals surface area contributed by atoms with E-state index in [1.165, 1.54) is 12.3 Å². The molecule has 0 aliphatic heterocycles. The molecule has 1 atom stereocenters. The van der Waals surface area contributed by atoms with Gasteiger partial charge >= 0.3 is 0 Å². The number of nitrogens with one attached hydrogen (secondary N) is 2. The molecule has 2 rings (SSSR count). The molecule has 0 spiro atoms. The molecule has 0 saturated carbocycles. The molecule has 0 saturated heterocycles. The van der Waals surface area contributed by atoms with Crippen LogP contribution in [0, 0.1) is 19.8 Å². The lowest BCUT2D eigenvalue weighted by Crippen LogP contribution is -2.33. The van der Waals surface area contributed by atoms with Crippen LogP contribution in [-0.4, -0.2) is 27.2 Å². The molecule has 2 heterocycles. The van der Waals surface area contributed by atoms with Crippen molar-refractivity contribution in [2.24, 2.45) is 5.92 Å². The Kier molecular flexibility index (Phi) is 4.57. The van der Waals surface area contributed by atoms with Crippen molar-refractivity contribution in [1.82, 2.24) is 20.1 Å². The fourth-order valence-corrected chi connectivity index (χ4v) is 2.18. The van der Waals surface area contributed by atoms with Crippen LogP contribution in [0.25, 0.3) is 0 Å². The van der Waals surface area contributed by atoms with E-state index < -0.39 is 0 Å². The van der Waals surface area contributed by atoms with Gasteiger partial charge in [0.2, 0.25) is 0 Å². The maximum atomic E-state index is 11.9. The molecule has 0 unspecified atom stereocenters. The van der Waals surface area contributed by atoms with Crippen LogP contribution in [0.1, 0.15) is 28.7 Å². The molecule has 2 aromatic rings. The molecule has 0 aliphatic carbocycles. The second-order valence-corrected chi connectivity index (χ2v) is 5.34. The van der Waals surface area contributed by atoms with Gasteiger partial charge in [-0.15, -0.1) is 0 Å². The van der Waals surface area contributed by atoms with Crippen molar-refractivity contribution in [2.45, 2.75) is 27.3 Å². The van der Waals surface area contributed by atoms with E-state index in [4.69, 9.17) is 0 Å². The maximum Gasteiger partial charge on any atom is 0.260 e.